The number of hydrogen-bond donors (Lipinski definition) is 1. The van der Waals surface area contributed by atoms with Crippen LogP contribution in [0.15, 0.2) is 65.2 Å². The lowest BCUT2D eigenvalue weighted by Gasteiger charge is -2.07. The van der Waals surface area contributed by atoms with Crippen LogP contribution in [-0.2, 0) is 4.84 Å². The molecule has 0 radical (unpaired) electrons. The molecular weight excluding hydrogens is 308 g/mol. The molecule has 2 aromatic rings. The number of aromatic nitrogens is 1. The van der Waals surface area contributed by atoms with Crippen LogP contribution < -0.4 is 10.2 Å². The third-order valence-electron chi connectivity index (χ3n) is 2.65. The highest BCUT2D eigenvalue weighted by molar-refractivity contribution is 9.10. The van der Waals surface area contributed by atoms with Crippen molar-refractivity contribution < 1.29 is 9.57 Å². The van der Waals surface area contributed by atoms with Crippen molar-refractivity contribution in [3.05, 3.63) is 70.8 Å². The summed E-state index contributed by atoms with van der Waals surface area (Å²) < 4.78 is 6.64. The maximum atomic E-state index is 5.60. The minimum atomic E-state index is -0.153. The molecule has 0 saturated carbocycles. The van der Waals surface area contributed by atoms with Gasteiger partial charge in [-0.1, -0.05) is 28.1 Å². The number of nitrogens with one attached hydrogen (secondary N) is 1. The average molecular weight is 319 g/mol. The van der Waals surface area contributed by atoms with Crippen LogP contribution in [0, 0.1) is 0 Å². The van der Waals surface area contributed by atoms with Gasteiger partial charge in [-0.2, -0.15) is 0 Å². The van der Waals surface area contributed by atoms with Crippen LogP contribution in [0.25, 0.3) is 0 Å². The highest BCUT2D eigenvalue weighted by Gasteiger charge is 2.19. The van der Waals surface area contributed by atoms with Crippen molar-refractivity contribution in [1.29, 1.82) is 0 Å². The molecule has 1 aliphatic heterocycles. The molecule has 0 bridgehead atoms. The van der Waals surface area contributed by atoms with E-state index in [0.717, 1.165) is 10.0 Å². The lowest BCUT2D eigenvalue weighted by atomic mass is 10.1. The SMILES string of the molecule is Brc1ccc([C@@H]2C=C(Oc3cccnc3)NO2)cc1. The Morgan fingerprint density at radius 1 is 1.21 bits per heavy atom. The van der Waals surface area contributed by atoms with Crippen LogP contribution in [-0.4, -0.2) is 4.98 Å². The van der Waals surface area contributed by atoms with E-state index in [9.17, 15) is 0 Å². The third kappa shape index (κ3) is 2.94. The third-order valence-corrected chi connectivity index (χ3v) is 3.18. The van der Waals surface area contributed by atoms with E-state index in [-0.39, 0.29) is 6.10 Å². The molecule has 0 spiro atoms. The van der Waals surface area contributed by atoms with Crippen LogP contribution in [0.5, 0.6) is 5.75 Å². The van der Waals surface area contributed by atoms with Gasteiger partial charge in [0, 0.05) is 16.7 Å². The lowest BCUT2D eigenvalue weighted by molar-refractivity contribution is 0.0273. The Kier molecular flexibility index (Phi) is 3.48. The Balaban J connectivity index is 1.72. The van der Waals surface area contributed by atoms with E-state index in [1.807, 2.05) is 42.5 Å². The van der Waals surface area contributed by atoms with Crippen molar-refractivity contribution in [2.75, 3.05) is 0 Å². The molecule has 96 valence electrons. The van der Waals surface area contributed by atoms with E-state index in [2.05, 4.69) is 26.4 Å². The number of benzene rings is 1. The molecular formula is C14H11BrN2O2. The van der Waals surface area contributed by atoms with Crippen molar-refractivity contribution in [3.8, 4) is 5.75 Å². The molecule has 1 aromatic heterocycles. The van der Waals surface area contributed by atoms with Gasteiger partial charge in [-0.3, -0.25) is 9.82 Å². The maximum absolute atomic E-state index is 5.60. The summed E-state index contributed by atoms with van der Waals surface area (Å²) in [6, 6.07) is 11.6. The lowest BCUT2D eigenvalue weighted by Crippen LogP contribution is -2.12. The minimum Gasteiger partial charge on any atom is -0.438 e. The van der Waals surface area contributed by atoms with Crippen LogP contribution in [0.2, 0.25) is 0 Å². The summed E-state index contributed by atoms with van der Waals surface area (Å²) in [4.78, 5) is 9.45. The fourth-order valence-electron chi connectivity index (χ4n) is 1.73. The maximum Gasteiger partial charge on any atom is 0.216 e. The number of ether oxygens (including phenoxy) is 1. The van der Waals surface area contributed by atoms with Crippen LogP contribution in [0.4, 0.5) is 0 Å². The fourth-order valence-corrected chi connectivity index (χ4v) is 2.00. The topological polar surface area (TPSA) is 43.4 Å². The standard InChI is InChI=1S/C14H11BrN2O2/c15-11-5-3-10(4-6-11)13-8-14(17-19-13)18-12-2-1-7-16-9-12/h1-9,13,17H/t13-/m0/s1. The average Bonchev–Trinajstić information content (AvgIpc) is 2.89. The highest BCUT2D eigenvalue weighted by Crippen LogP contribution is 2.26. The molecule has 0 aliphatic carbocycles. The molecule has 1 atom stereocenters. The predicted octanol–water partition coefficient (Wildman–Crippen LogP) is 3.34. The Morgan fingerprint density at radius 3 is 2.79 bits per heavy atom. The number of rotatable bonds is 3. The summed E-state index contributed by atoms with van der Waals surface area (Å²) in [6.45, 7) is 0. The van der Waals surface area contributed by atoms with Crippen molar-refractivity contribution in [1.82, 2.24) is 10.5 Å². The molecule has 2 heterocycles. The molecule has 3 rings (SSSR count). The second-order valence-corrected chi connectivity index (χ2v) is 4.93. The molecule has 4 nitrogen and oxygen atoms in total. The zero-order valence-corrected chi connectivity index (χ0v) is 11.5. The van der Waals surface area contributed by atoms with Gasteiger partial charge >= 0.3 is 0 Å². The number of pyridine rings is 1. The zero-order chi connectivity index (χ0) is 13.1. The quantitative estimate of drug-likeness (QED) is 0.942. The normalized spacial score (nSPS) is 17.7. The first-order valence-electron chi connectivity index (χ1n) is 5.78. The summed E-state index contributed by atoms with van der Waals surface area (Å²) in [7, 11) is 0. The van der Waals surface area contributed by atoms with Gasteiger partial charge in [0.1, 0.15) is 11.9 Å². The molecule has 1 N–H and O–H groups in total. The van der Waals surface area contributed by atoms with Gasteiger partial charge in [0.2, 0.25) is 5.88 Å². The van der Waals surface area contributed by atoms with Gasteiger partial charge in [-0.05, 0) is 29.8 Å². The van der Waals surface area contributed by atoms with Crippen molar-refractivity contribution >= 4 is 15.9 Å². The Morgan fingerprint density at radius 2 is 2.05 bits per heavy atom. The van der Waals surface area contributed by atoms with E-state index >= 15 is 0 Å². The minimum absolute atomic E-state index is 0.153. The molecule has 1 aromatic carbocycles. The second-order valence-electron chi connectivity index (χ2n) is 4.01. The molecule has 0 saturated heterocycles. The molecule has 0 fully saturated rings. The van der Waals surface area contributed by atoms with Crippen molar-refractivity contribution in [2.45, 2.75) is 6.10 Å². The Bertz CT molecular complexity index is 584. The fraction of sp³-hybridized carbons (Fsp3) is 0.0714. The number of hydrogen-bond acceptors (Lipinski definition) is 4. The summed E-state index contributed by atoms with van der Waals surface area (Å²) in [5, 5.41) is 0. The first-order valence-corrected chi connectivity index (χ1v) is 6.57. The first-order chi connectivity index (χ1) is 9.31. The van der Waals surface area contributed by atoms with Gasteiger partial charge < -0.3 is 4.74 Å². The highest BCUT2D eigenvalue weighted by atomic mass is 79.9. The summed E-state index contributed by atoms with van der Waals surface area (Å²) in [6.07, 6.45) is 5.08. The van der Waals surface area contributed by atoms with Gasteiger partial charge in [0.25, 0.3) is 0 Å². The molecule has 5 heteroatoms. The molecule has 1 aliphatic rings. The van der Waals surface area contributed by atoms with E-state index in [1.165, 1.54) is 0 Å². The number of hydroxylamine groups is 1. The van der Waals surface area contributed by atoms with E-state index in [1.54, 1.807) is 12.4 Å². The molecule has 0 unspecified atom stereocenters. The summed E-state index contributed by atoms with van der Waals surface area (Å²) in [5.41, 5.74) is 3.82. The van der Waals surface area contributed by atoms with Crippen molar-refractivity contribution in [2.24, 2.45) is 0 Å². The zero-order valence-electron chi connectivity index (χ0n) is 9.92. The van der Waals surface area contributed by atoms with Gasteiger partial charge in [-0.25, -0.2) is 5.48 Å². The van der Waals surface area contributed by atoms with Crippen LogP contribution in [0.1, 0.15) is 11.7 Å². The van der Waals surface area contributed by atoms with Gasteiger partial charge in [0.15, 0.2) is 0 Å². The van der Waals surface area contributed by atoms with E-state index in [0.29, 0.717) is 11.6 Å². The first kappa shape index (κ1) is 12.2. The van der Waals surface area contributed by atoms with Gasteiger partial charge in [-0.15, -0.1) is 0 Å². The monoisotopic (exact) mass is 318 g/mol. The van der Waals surface area contributed by atoms with E-state index in [4.69, 9.17) is 9.57 Å². The van der Waals surface area contributed by atoms with Crippen molar-refractivity contribution in [3.63, 3.8) is 0 Å². The smallest absolute Gasteiger partial charge is 0.216 e. The molecule has 19 heavy (non-hydrogen) atoms. The number of halogens is 1. The molecule has 0 amide bonds. The van der Waals surface area contributed by atoms with Crippen LogP contribution in [0.3, 0.4) is 0 Å². The Labute approximate surface area is 119 Å². The second kappa shape index (κ2) is 5.42. The number of nitrogens with zero attached hydrogens (tertiary/aromatic N) is 1. The van der Waals surface area contributed by atoms with Crippen LogP contribution >= 0.6 is 15.9 Å². The summed E-state index contributed by atoms with van der Waals surface area (Å²) in [5.74, 6) is 1.24. The largest absolute Gasteiger partial charge is 0.438 e. The predicted molar refractivity (Wildman–Crippen MR) is 74.1 cm³/mol. The Hall–Kier alpha value is -1.85. The van der Waals surface area contributed by atoms with E-state index < -0.39 is 0 Å². The van der Waals surface area contributed by atoms with Gasteiger partial charge in [0.05, 0.1) is 6.20 Å². The summed E-state index contributed by atoms with van der Waals surface area (Å²) >= 11 is 3.41.